The normalized spacial score (nSPS) is 19.0. The van der Waals surface area contributed by atoms with E-state index in [0.29, 0.717) is 57.7 Å². The van der Waals surface area contributed by atoms with E-state index in [1.165, 1.54) is 6.07 Å². The molecular formula is C26H33FN4O3. The molecule has 0 aromatic heterocycles. The fourth-order valence-electron chi connectivity index (χ4n) is 4.65. The molecule has 2 aliphatic heterocycles. The van der Waals surface area contributed by atoms with Gasteiger partial charge in [-0.25, -0.2) is 9.18 Å². The second-order valence-electron chi connectivity index (χ2n) is 9.20. The van der Waals surface area contributed by atoms with Crippen molar-refractivity contribution < 1.29 is 18.7 Å². The number of carbonyl (C=O) groups is 2. The lowest BCUT2D eigenvalue weighted by molar-refractivity contribution is -0.126. The van der Waals surface area contributed by atoms with E-state index in [1.54, 1.807) is 36.0 Å². The number of halogens is 1. The van der Waals surface area contributed by atoms with Crippen molar-refractivity contribution in [2.24, 2.45) is 5.92 Å². The van der Waals surface area contributed by atoms with Crippen LogP contribution in [0.15, 0.2) is 48.5 Å². The molecule has 1 atom stereocenters. The number of urea groups is 1. The van der Waals surface area contributed by atoms with Gasteiger partial charge < -0.3 is 19.9 Å². The Labute approximate surface area is 200 Å². The Morgan fingerprint density at radius 2 is 1.79 bits per heavy atom. The van der Waals surface area contributed by atoms with Crippen LogP contribution in [0.5, 0.6) is 5.75 Å². The minimum atomic E-state index is -0.431. The van der Waals surface area contributed by atoms with Gasteiger partial charge in [0, 0.05) is 70.4 Å². The number of rotatable bonds is 5. The molecular weight excluding hydrogens is 435 g/mol. The topological polar surface area (TPSA) is 65.1 Å². The van der Waals surface area contributed by atoms with Crippen molar-refractivity contribution in [1.82, 2.24) is 20.0 Å². The fraction of sp³-hybridized carbons (Fsp3) is 0.462. The third kappa shape index (κ3) is 5.67. The number of ether oxygens (including phenoxy) is 1. The molecule has 1 saturated heterocycles. The van der Waals surface area contributed by atoms with Gasteiger partial charge in [-0.2, -0.15) is 0 Å². The number of benzene rings is 2. The van der Waals surface area contributed by atoms with Gasteiger partial charge in [0.15, 0.2) is 0 Å². The number of carbonyl (C=O) groups excluding carboxylic acids is 2. The van der Waals surface area contributed by atoms with Crippen LogP contribution in [0.2, 0.25) is 0 Å². The molecule has 0 aliphatic carbocycles. The molecule has 34 heavy (non-hydrogen) atoms. The van der Waals surface area contributed by atoms with E-state index in [0.717, 1.165) is 11.3 Å². The number of fused-ring (bicyclic) bond motifs is 1. The lowest BCUT2D eigenvalue weighted by Gasteiger charge is -2.33. The standard InChI is InChI=1S/C26H33FN4O3/c1-29(2)26(33)31-14-11-19(12-15-31)25(32)28-13-16-30-17-20-7-3-6-10-23(20)34-24(18-30)21-8-4-5-9-22(21)27/h3-10,19,24H,11-18H2,1-2H3,(H,28,32)/t24-/m1/s1. The highest BCUT2D eigenvalue weighted by atomic mass is 19.1. The van der Waals surface area contributed by atoms with Crippen molar-refractivity contribution in [3.63, 3.8) is 0 Å². The quantitative estimate of drug-likeness (QED) is 0.732. The van der Waals surface area contributed by atoms with E-state index >= 15 is 0 Å². The van der Waals surface area contributed by atoms with Crippen molar-refractivity contribution in [3.05, 3.63) is 65.5 Å². The maximum atomic E-state index is 14.5. The highest BCUT2D eigenvalue weighted by molar-refractivity contribution is 5.79. The van der Waals surface area contributed by atoms with Crippen LogP contribution in [0, 0.1) is 11.7 Å². The van der Waals surface area contributed by atoms with E-state index in [-0.39, 0.29) is 23.7 Å². The second-order valence-corrected chi connectivity index (χ2v) is 9.20. The molecule has 182 valence electrons. The van der Waals surface area contributed by atoms with Crippen LogP contribution in [0.25, 0.3) is 0 Å². The van der Waals surface area contributed by atoms with E-state index in [2.05, 4.69) is 10.2 Å². The Morgan fingerprint density at radius 3 is 2.53 bits per heavy atom. The smallest absolute Gasteiger partial charge is 0.319 e. The molecule has 0 bridgehead atoms. The second kappa shape index (κ2) is 10.9. The molecule has 0 unspecified atom stereocenters. The SMILES string of the molecule is CN(C)C(=O)N1CCC(C(=O)NCCN2Cc3ccccc3O[C@@H](c3ccccc3F)C2)CC1. The van der Waals surface area contributed by atoms with Crippen LogP contribution in [0.1, 0.15) is 30.1 Å². The predicted octanol–water partition coefficient (Wildman–Crippen LogP) is 3.27. The average Bonchev–Trinajstić information content (AvgIpc) is 3.03. The van der Waals surface area contributed by atoms with E-state index in [1.807, 2.05) is 30.3 Å². The Balaban J connectivity index is 1.33. The maximum Gasteiger partial charge on any atom is 0.319 e. The first-order valence-corrected chi connectivity index (χ1v) is 11.9. The van der Waals surface area contributed by atoms with Gasteiger partial charge in [-0.1, -0.05) is 36.4 Å². The van der Waals surface area contributed by atoms with Gasteiger partial charge in [-0.3, -0.25) is 9.69 Å². The summed E-state index contributed by atoms with van der Waals surface area (Å²) >= 11 is 0. The Morgan fingerprint density at radius 1 is 1.09 bits per heavy atom. The monoisotopic (exact) mass is 468 g/mol. The number of hydrogen-bond donors (Lipinski definition) is 1. The van der Waals surface area contributed by atoms with Crippen LogP contribution in [0.4, 0.5) is 9.18 Å². The Bertz CT molecular complexity index is 1010. The average molecular weight is 469 g/mol. The molecule has 7 nitrogen and oxygen atoms in total. The summed E-state index contributed by atoms with van der Waals surface area (Å²) in [5, 5.41) is 3.07. The van der Waals surface area contributed by atoms with Crippen molar-refractivity contribution in [3.8, 4) is 5.75 Å². The van der Waals surface area contributed by atoms with Crippen molar-refractivity contribution >= 4 is 11.9 Å². The predicted molar refractivity (Wildman–Crippen MR) is 128 cm³/mol. The lowest BCUT2D eigenvalue weighted by Crippen LogP contribution is -2.47. The largest absolute Gasteiger partial charge is 0.484 e. The number of para-hydroxylation sites is 1. The first kappa shape index (κ1) is 24.0. The van der Waals surface area contributed by atoms with Gasteiger partial charge in [0.1, 0.15) is 17.7 Å². The molecule has 0 spiro atoms. The molecule has 3 amide bonds. The number of hydrogen-bond acceptors (Lipinski definition) is 4. The highest BCUT2D eigenvalue weighted by Gasteiger charge is 2.29. The summed E-state index contributed by atoms with van der Waals surface area (Å²) in [6.07, 6.45) is 0.913. The molecule has 4 rings (SSSR count). The minimum absolute atomic E-state index is 0.00747. The summed E-state index contributed by atoms with van der Waals surface area (Å²) in [7, 11) is 3.48. The number of nitrogens with zero attached hydrogens (tertiary/aromatic N) is 3. The Kier molecular flexibility index (Phi) is 7.67. The molecule has 1 N–H and O–H groups in total. The molecule has 2 aromatic rings. The summed E-state index contributed by atoms with van der Waals surface area (Å²) in [5.41, 5.74) is 1.58. The van der Waals surface area contributed by atoms with Crippen molar-refractivity contribution in [2.75, 3.05) is 46.8 Å². The van der Waals surface area contributed by atoms with Crippen molar-refractivity contribution in [1.29, 1.82) is 0 Å². The number of nitrogens with one attached hydrogen (secondary N) is 1. The first-order valence-electron chi connectivity index (χ1n) is 11.9. The van der Waals surface area contributed by atoms with Crippen LogP contribution < -0.4 is 10.1 Å². The molecule has 0 saturated carbocycles. The van der Waals surface area contributed by atoms with E-state index < -0.39 is 6.10 Å². The number of amides is 3. The van der Waals surface area contributed by atoms with E-state index in [9.17, 15) is 14.0 Å². The van der Waals surface area contributed by atoms with Gasteiger partial charge in [0.2, 0.25) is 5.91 Å². The summed E-state index contributed by atoms with van der Waals surface area (Å²) in [4.78, 5) is 30.4. The van der Waals surface area contributed by atoms with Gasteiger partial charge in [0.05, 0.1) is 0 Å². The lowest BCUT2D eigenvalue weighted by atomic mass is 9.96. The molecule has 1 fully saturated rings. The van der Waals surface area contributed by atoms with Crippen LogP contribution in [0.3, 0.4) is 0 Å². The first-order chi connectivity index (χ1) is 16.4. The number of likely N-dealkylation sites (tertiary alicyclic amines) is 1. The molecule has 8 heteroatoms. The maximum absolute atomic E-state index is 14.5. The molecule has 2 aliphatic rings. The third-order valence-electron chi connectivity index (χ3n) is 6.56. The summed E-state index contributed by atoms with van der Waals surface area (Å²) in [5.74, 6) is 0.445. The van der Waals surface area contributed by atoms with Crippen LogP contribution in [-0.4, -0.2) is 73.5 Å². The van der Waals surface area contributed by atoms with Gasteiger partial charge in [0.25, 0.3) is 0 Å². The van der Waals surface area contributed by atoms with Gasteiger partial charge in [-0.05, 0) is 25.0 Å². The number of piperidine rings is 1. The summed E-state index contributed by atoms with van der Waals surface area (Å²) < 4.78 is 20.7. The van der Waals surface area contributed by atoms with Crippen molar-refractivity contribution in [2.45, 2.75) is 25.5 Å². The van der Waals surface area contributed by atoms with Crippen LogP contribution >= 0.6 is 0 Å². The van der Waals surface area contributed by atoms with E-state index in [4.69, 9.17) is 4.74 Å². The van der Waals surface area contributed by atoms with Gasteiger partial charge >= 0.3 is 6.03 Å². The fourth-order valence-corrected chi connectivity index (χ4v) is 4.65. The molecule has 0 radical (unpaired) electrons. The zero-order valence-electron chi connectivity index (χ0n) is 19.9. The summed E-state index contributed by atoms with van der Waals surface area (Å²) in [6, 6.07) is 14.5. The molecule has 2 aromatic carbocycles. The zero-order chi connectivity index (χ0) is 24.1. The minimum Gasteiger partial charge on any atom is -0.484 e. The zero-order valence-corrected chi connectivity index (χ0v) is 19.9. The Hall–Kier alpha value is -3.13. The van der Waals surface area contributed by atoms with Gasteiger partial charge in [-0.15, -0.1) is 0 Å². The van der Waals surface area contributed by atoms with Crippen LogP contribution in [-0.2, 0) is 11.3 Å². The third-order valence-corrected chi connectivity index (χ3v) is 6.56. The molecule has 2 heterocycles. The summed E-state index contributed by atoms with van der Waals surface area (Å²) in [6.45, 7) is 3.52. The highest BCUT2D eigenvalue weighted by Crippen LogP contribution is 2.31.